The van der Waals surface area contributed by atoms with E-state index in [0.29, 0.717) is 24.6 Å². The minimum absolute atomic E-state index is 0.219. The molecule has 7 heteroatoms. The molecule has 0 aliphatic rings. The molecule has 26 heavy (non-hydrogen) atoms. The first-order valence-corrected chi connectivity index (χ1v) is 8.95. The van der Waals surface area contributed by atoms with Crippen LogP contribution in [0.3, 0.4) is 0 Å². The van der Waals surface area contributed by atoms with Crippen molar-refractivity contribution < 1.29 is 13.7 Å². The van der Waals surface area contributed by atoms with Crippen LogP contribution in [0.4, 0.5) is 0 Å². The van der Waals surface area contributed by atoms with E-state index in [-0.39, 0.29) is 11.6 Å². The summed E-state index contributed by atoms with van der Waals surface area (Å²) in [6.07, 6.45) is 3.26. The lowest BCUT2D eigenvalue weighted by Gasteiger charge is -2.20. The Balaban J connectivity index is 1.59. The van der Waals surface area contributed by atoms with E-state index in [1.54, 1.807) is 46.9 Å². The third kappa shape index (κ3) is 3.57. The van der Waals surface area contributed by atoms with E-state index in [4.69, 9.17) is 8.94 Å². The monoisotopic (exact) mass is 365 g/mol. The zero-order valence-corrected chi connectivity index (χ0v) is 14.6. The first kappa shape index (κ1) is 16.3. The summed E-state index contributed by atoms with van der Waals surface area (Å²) in [6, 6.07) is 12.8. The number of nitrogens with zero attached hydrogens (tertiary/aromatic N) is 3. The van der Waals surface area contributed by atoms with E-state index in [9.17, 15) is 4.79 Å². The van der Waals surface area contributed by atoms with Gasteiger partial charge >= 0.3 is 0 Å². The molecule has 0 aromatic carbocycles. The van der Waals surface area contributed by atoms with Gasteiger partial charge in [-0.15, -0.1) is 0 Å². The van der Waals surface area contributed by atoms with Crippen molar-refractivity contribution in [3.8, 4) is 11.5 Å². The Morgan fingerprint density at radius 3 is 2.81 bits per heavy atom. The van der Waals surface area contributed by atoms with Crippen LogP contribution in [0.5, 0.6) is 0 Å². The molecule has 0 spiro atoms. The van der Waals surface area contributed by atoms with Crippen LogP contribution in [-0.2, 0) is 13.1 Å². The summed E-state index contributed by atoms with van der Waals surface area (Å²) in [4.78, 5) is 19.0. The minimum Gasteiger partial charge on any atom is -0.461 e. The maximum atomic E-state index is 13.0. The highest BCUT2D eigenvalue weighted by Gasteiger charge is 2.22. The largest absolute Gasteiger partial charge is 0.461 e. The molecule has 0 aliphatic heterocycles. The van der Waals surface area contributed by atoms with Gasteiger partial charge in [0.15, 0.2) is 11.5 Å². The molecule has 4 aromatic rings. The van der Waals surface area contributed by atoms with Crippen LogP contribution < -0.4 is 0 Å². The van der Waals surface area contributed by atoms with E-state index >= 15 is 0 Å². The average Bonchev–Trinajstić information content (AvgIpc) is 3.42. The lowest BCUT2D eigenvalue weighted by molar-refractivity contribution is 0.0717. The van der Waals surface area contributed by atoms with Crippen LogP contribution in [0.2, 0.25) is 0 Å². The van der Waals surface area contributed by atoms with Crippen molar-refractivity contribution >= 4 is 17.2 Å². The summed E-state index contributed by atoms with van der Waals surface area (Å²) in [5.74, 6) is 0.737. The summed E-state index contributed by atoms with van der Waals surface area (Å²) in [7, 11) is 0. The van der Waals surface area contributed by atoms with Crippen molar-refractivity contribution in [2.45, 2.75) is 13.1 Å². The number of hydrogen-bond donors (Lipinski definition) is 0. The Kier molecular flexibility index (Phi) is 4.61. The van der Waals surface area contributed by atoms with E-state index in [1.165, 1.54) is 0 Å². The summed E-state index contributed by atoms with van der Waals surface area (Å²) in [6.45, 7) is 0.861. The second-order valence-corrected chi connectivity index (χ2v) is 6.45. The van der Waals surface area contributed by atoms with Gasteiger partial charge in [0, 0.05) is 18.8 Å². The van der Waals surface area contributed by atoms with Crippen LogP contribution >= 0.6 is 11.3 Å². The highest BCUT2D eigenvalue weighted by Crippen LogP contribution is 2.22. The molecule has 1 amide bonds. The Hall–Kier alpha value is -3.19. The number of carbonyl (C=O) groups is 1. The summed E-state index contributed by atoms with van der Waals surface area (Å²) < 4.78 is 10.5. The molecule has 4 heterocycles. The fourth-order valence-electron chi connectivity index (χ4n) is 2.56. The maximum Gasteiger partial charge on any atom is 0.276 e. The number of rotatable bonds is 6. The summed E-state index contributed by atoms with van der Waals surface area (Å²) in [5, 5.41) is 7.93. The number of carbonyl (C=O) groups excluding carboxylic acids is 1. The molecule has 0 N–H and O–H groups in total. The van der Waals surface area contributed by atoms with Crippen LogP contribution in [0.25, 0.3) is 11.5 Å². The number of aromatic nitrogens is 2. The van der Waals surface area contributed by atoms with Crippen molar-refractivity contribution in [1.82, 2.24) is 15.0 Å². The van der Waals surface area contributed by atoms with Gasteiger partial charge in [0.1, 0.15) is 0 Å². The van der Waals surface area contributed by atoms with Gasteiger partial charge in [-0.3, -0.25) is 9.78 Å². The highest BCUT2D eigenvalue weighted by molar-refractivity contribution is 7.07. The van der Waals surface area contributed by atoms with Gasteiger partial charge in [0.2, 0.25) is 5.76 Å². The number of thiophene rings is 1. The molecule has 0 atom stereocenters. The first-order chi connectivity index (χ1) is 12.8. The summed E-state index contributed by atoms with van der Waals surface area (Å²) >= 11 is 1.60. The normalized spacial score (nSPS) is 10.8. The lowest BCUT2D eigenvalue weighted by Crippen LogP contribution is -2.30. The van der Waals surface area contributed by atoms with Gasteiger partial charge in [-0.1, -0.05) is 11.2 Å². The highest BCUT2D eigenvalue weighted by atomic mass is 32.1. The number of amides is 1. The zero-order valence-electron chi connectivity index (χ0n) is 13.7. The van der Waals surface area contributed by atoms with Gasteiger partial charge in [0.05, 0.1) is 18.5 Å². The van der Waals surface area contributed by atoms with Crippen molar-refractivity contribution in [2.75, 3.05) is 0 Å². The maximum absolute atomic E-state index is 13.0. The number of furan rings is 1. The standard InChI is InChI=1S/C19H15N3O3S/c23-19(16-10-18(25-21-16)17-5-3-8-24-17)22(11-14-6-9-26-13-14)12-15-4-1-2-7-20-15/h1-10,13H,11-12H2. The predicted octanol–water partition coefficient (Wildman–Crippen LogP) is 4.23. The minimum atomic E-state index is -0.219. The molecule has 0 bridgehead atoms. The zero-order chi connectivity index (χ0) is 17.8. The Bertz CT molecular complexity index is 963. The Morgan fingerprint density at radius 2 is 2.08 bits per heavy atom. The molecule has 0 aliphatic carbocycles. The molecule has 4 aromatic heterocycles. The van der Waals surface area contributed by atoms with Crippen molar-refractivity contribution in [1.29, 1.82) is 0 Å². The molecular weight excluding hydrogens is 350 g/mol. The third-order valence-electron chi connectivity index (χ3n) is 3.81. The van der Waals surface area contributed by atoms with E-state index in [1.807, 2.05) is 35.0 Å². The van der Waals surface area contributed by atoms with Gasteiger partial charge in [0.25, 0.3) is 5.91 Å². The van der Waals surface area contributed by atoms with Crippen LogP contribution in [0, 0.1) is 0 Å². The molecule has 0 saturated heterocycles. The number of hydrogen-bond acceptors (Lipinski definition) is 6. The molecule has 0 saturated carbocycles. The first-order valence-electron chi connectivity index (χ1n) is 8.00. The van der Waals surface area contributed by atoms with Crippen molar-refractivity contribution in [2.24, 2.45) is 0 Å². The topological polar surface area (TPSA) is 72.4 Å². The van der Waals surface area contributed by atoms with Gasteiger partial charge in [-0.2, -0.15) is 11.3 Å². The quantitative estimate of drug-likeness (QED) is 0.511. The Morgan fingerprint density at radius 1 is 1.12 bits per heavy atom. The Labute approximate surface area is 153 Å². The molecule has 6 nitrogen and oxygen atoms in total. The average molecular weight is 365 g/mol. The van der Waals surface area contributed by atoms with Crippen LogP contribution in [-0.4, -0.2) is 20.9 Å². The predicted molar refractivity (Wildman–Crippen MR) is 96.3 cm³/mol. The molecule has 130 valence electrons. The smallest absolute Gasteiger partial charge is 0.276 e. The molecular formula is C19H15N3O3S. The SMILES string of the molecule is O=C(c1cc(-c2ccco2)on1)N(Cc1ccsc1)Cc1ccccn1. The summed E-state index contributed by atoms with van der Waals surface area (Å²) in [5.41, 5.74) is 2.11. The van der Waals surface area contributed by atoms with Crippen LogP contribution in [0.1, 0.15) is 21.7 Å². The van der Waals surface area contributed by atoms with Gasteiger partial charge in [-0.05, 0) is 46.7 Å². The second-order valence-electron chi connectivity index (χ2n) is 5.67. The van der Waals surface area contributed by atoms with Gasteiger partial charge < -0.3 is 13.8 Å². The fraction of sp³-hybridized carbons (Fsp3) is 0.105. The molecule has 0 fully saturated rings. The molecule has 0 unspecified atom stereocenters. The van der Waals surface area contributed by atoms with Crippen molar-refractivity contribution in [3.63, 3.8) is 0 Å². The van der Waals surface area contributed by atoms with Gasteiger partial charge in [-0.25, -0.2) is 0 Å². The van der Waals surface area contributed by atoms with Crippen LogP contribution in [0.15, 0.2) is 74.6 Å². The molecule has 0 radical (unpaired) electrons. The number of pyridine rings is 1. The molecule has 4 rings (SSSR count). The van der Waals surface area contributed by atoms with E-state index in [0.717, 1.165) is 11.3 Å². The van der Waals surface area contributed by atoms with E-state index in [2.05, 4.69) is 10.1 Å². The van der Waals surface area contributed by atoms with Crippen molar-refractivity contribution in [3.05, 3.63) is 82.6 Å². The fourth-order valence-corrected chi connectivity index (χ4v) is 3.22. The lowest BCUT2D eigenvalue weighted by atomic mass is 10.2. The second kappa shape index (κ2) is 7.37. The van der Waals surface area contributed by atoms with E-state index < -0.39 is 0 Å². The third-order valence-corrected chi connectivity index (χ3v) is 4.55.